The molecular formula is C21H27N5O. The largest absolute Gasteiger partial charge is 0.329 e. The lowest BCUT2D eigenvalue weighted by atomic mass is 10.0. The Hall–Kier alpha value is -2.54. The molecule has 3 aromatic rings. The summed E-state index contributed by atoms with van der Waals surface area (Å²) in [6.07, 6.45) is 1.60. The van der Waals surface area contributed by atoms with Gasteiger partial charge in [0, 0.05) is 37.0 Å². The number of aromatic nitrogens is 1. The first-order valence-corrected chi connectivity index (χ1v) is 9.38. The van der Waals surface area contributed by atoms with E-state index >= 15 is 0 Å². The molecule has 27 heavy (non-hydrogen) atoms. The predicted octanol–water partition coefficient (Wildman–Crippen LogP) is 1.95. The van der Waals surface area contributed by atoms with Crippen LogP contribution in [-0.4, -0.2) is 44.1 Å². The molecule has 0 aliphatic heterocycles. The molecule has 5 N–H and O–H groups in total. The van der Waals surface area contributed by atoms with Crippen molar-refractivity contribution >= 4 is 33.9 Å². The number of fused-ring (bicyclic) bond motifs is 2. The second-order valence-electron chi connectivity index (χ2n) is 6.60. The molecular weight excluding hydrogens is 338 g/mol. The number of carbonyl (C=O) groups is 1. The monoisotopic (exact) mass is 365 g/mol. The van der Waals surface area contributed by atoms with Crippen LogP contribution in [0.5, 0.6) is 0 Å². The Balaban J connectivity index is 1.85. The van der Waals surface area contributed by atoms with Gasteiger partial charge in [-0.1, -0.05) is 24.3 Å². The van der Waals surface area contributed by atoms with Crippen molar-refractivity contribution in [2.45, 2.75) is 13.3 Å². The molecule has 6 nitrogen and oxygen atoms in total. The Morgan fingerprint density at radius 3 is 2.63 bits per heavy atom. The number of nitrogens with one attached hydrogen (secondary N) is 3. The lowest BCUT2D eigenvalue weighted by Gasteiger charge is -2.13. The number of benzene rings is 2. The van der Waals surface area contributed by atoms with Crippen molar-refractivity contribution < 1.29 is 4.79 Å². The average molecular weight is 365 g/mol. The van der Waals surface area contributed by atoms with Gasteiger partial charge in [0.2, 0.25) is 6.41 Å². The summed E-state index contributed by atoms with van der Waals surface area (Å²) in [6.45, 7) is 6.25. The molecule has 3 rings (SSSR count). The third-order valence-electron chi connectivity index (χ3n) is 4.69. The van der Waals surface area contributed by atoms with E-state index in [0.717, 1.165) is 65.7 Å². The number of rotatable bonds is 10. The fourth-order valence-corrected chi connectivity index (χ4v) is 3.30. The number of anilines is 1. The quantitative estimate of drug-likeness (QED) is 0.250. The van der Waals surface area contributed by atoms with Crippen molar-refractivity contribution in [2.24, 2.45) is 5.73 Å². The van der Waals surface area contributed by atoms with Crippen molar-refractivity contribution in [3.8, 4) is 0 Å². The maximum absolute atomic E-state index is 11.0. The Bertz CT molecular complexity index is 925. The van der Waals surface area contributed by atoms with E-state index in [-0.39, 0.29) is 0 Å². The molecule has 6 heteroatoms. The van der Waals surface area contributed by atoms with Gasteiger partial charge < -0.3 is 21.7 Å². The number of hydrogen-bond acceptors (Lipinski definition) is 5. The number of nitrogens with two attached hydrogens (primary N) is 1. The summed E-state index contributed by atoms with van der Waals surface area (Å²) < 4.78 is 0. The zero-order valence-electron chi connectivity index (χ0n) is 15.7. The van der Waals surface area contributed by atoms with E-state index in [9.17, 15) is 4.79 Å². The van der Waals surface area contributed by atoms with Gasteiger partial charge >= 0.3 is 0 Å². The van der Waals surface area contributed by atoms with Crippen LogP contribution in [0.15, 0.2) is 36.4 Å². The summed E-state index contributed by atoms with van der Waals surface area (Å²) in [5, 5.41) is 11.7. The van der Waals surface area contributed by atoms with E-state index in [4.69, 9.17) is 10.7 Å². The predicted molar refractivity (Wildman–Crippen MR) is 112 cm³/mol. The van der Waals surface area contributed by atoms with Crippen molar-refractivity contribution in [3.05, 3.63) is 47.5 Å². The minimum Gasteiger partial charge on any atom is -0.329 e. The van der Waals surface area contributed by atoms with Crippen molar-refractivity contribution in [3.63, 3.8) is 0 Å². The molecule has 2 aromatic carbocycles. The molecule has 1 aromatic heterocycles. The molecule has 0 fully saturated rings. The molecule has 0 unspecified atom stereocenters. The second-order valence-corrected chi connectivity index (χ2v) is 6.60. The Labute approximate surface area is 159 Å². The third-order valence-corrected chi connectivity index (χ3v) is 4.69. The van der Waals surface area contributed by atoms with Gasteiger partial charge in [-0.3, -0.25) is 4.79 Å². The van der Waals surface area contributed by atoms with E-state index in [1.807, 2.05) is 12.1 Å². The molecule has 0 aliphatic carbocycles. The lowest BCUT2D eigenvalue weighted by Crippen LogP contribution is -2.31. The second kappa shape index (κ2) is 9.41. The molecule has 0 atom stereocenters. The lowest BCUT2D eigenvalue weighted by molar-refractivity contribution is -0.105. The highest BCUT2D eigenvalue weighted by molar-refractivity contribution is 6.02. The normalized spacial score (nSPS) is 11.2. The first kappa shape index (κ1) is 19.2. The van der Waals surface area contributed by atoms with Gasteiger partial charge in [0.25, 0.3) is 0 Å². The van der Waals surface area contributed by atoms with Crippen molar-refractivity contribution in [1.29, 1.82) is 0 Å². The molecule has 0 aliphatic rings. The summed E-state index contributed by atoms with van der Waals surface area (Å²) in [7, 11) is 0. The van der Waals surface area contributed by atoms with Gasteiger partial charge in [0.05, 0.1) is 16.7 Å². The van der Waals surface area contributed by atoms with Crippen LogP contribution < -0.4 is 21.7 Å². The van der Waals surface area contributed by atoms with Crippen molar-refractivity contribution in [2.75, 3.05) is 38.0 Å². The average Bonchev–Trinajstić information content (AvgIpc) is 2.68. The molecule has 1 amide bonds. The summed E-state index contributed by atoms with van der Waals surface area (Å²) in [4.78, 5) is 15.9. The van der Waals surface area contributed by atoms with Crippen LogP contribution in [-0.2, 0) is 11.2 Å². The highest BCUT2D eigenvalue weighted by Gasteiger charge is 2.10. The Morgan fingerprint density at radius 1 is 1.04 bits per heavy atom. The smallest absolute Gasteiger partial charge is 0.211 e. The minimum atomic E-state index is 0.660. The van der Waals surface area contributed by atoms with Crippen LogP contribution in [0, 0.1) is 6.92 Å². The number of para-hydroxylation sites is 1. The van der Waals surface area contributed by atoms with Gasteiger partial charge in [0.1, 0.15) is 0 Å². The number of nitrogens with zero attached hydrogens (tertiary/aromatic N) is 1. The summed E-state index contributed by atoms with van der Waals surface area (Å²) in [6, 6.07) is 12.4. The maximum Gasteiger partial charge on any atom is 0.211 e. The molecule has 0 radical (unpaired) electrons. The number of hydrogen-bond donors (Lipinski definition) is 4. The van der Waals surface area contributed by atoms with Crippen LogP contribution in [0.1, 0.15) is 11.1 Å². The van der Waals surface area contributed by atoms with E-state index in [1.165, 1.54) is 5.56 Å². The van der Waals surface area contributed by atoms with Crippen LogP contribution in [0.4, 0.5) is 5.69 Å². The van der Waals surface area contributed by atoms with E-state index in [2.05, 4.69) is 47.1 Å². The zero-order chi connectivity index (χ0) is 19.1. The standard InChI is InChI=1S/C21H27N5O/c1-15-3-2-4-17-13-18-16(7-9-23-11-12-24-10-8-22)5-6-19(25-14-27)21(18)26-20(15)17/h2-6,13-14,23-24H,7-12,22H2,1H3,(H,25,27). The Kier molecular flexibility index (Phi) is 6.70. The maximum atomic E-state index is 11.0. The van der Waals surface area contributed by atoms with E-state index < -0.39 is 0 Å². The van der Waals surface area contributed by atoms with Crippen LogP contribution >= 0.6 is 0 Å². The van der Waals surface area contributed by atoms with E-state index in [1.54, 1.807) is 0 Å². The molecule has 0 saturated carbocycles. The van der Waals surface area contributed by atoms with Crippen molar-refractivity contribution in [1.82, 2.24) is 15.6 Å². The van der Waals surface area contributed by atoms with Gasteiger partial charge in [0.15, 0.2) is 0 Å². The molecule has 0 saturated heterocycles. The molecule has 1 heterocycles. The van der Waals surface area contributed by atoms with Crippen LogP contribution in [0.3, 0.4) is 0 Å². The van der Waals surface area contributed by atoms with Gasteiger partial charge in [-0.05, 0) is 43.1 Å². The molecule has 0 spiro atoms. The van der Waals surface area contributed by atoms with Gasteiger partial charge in [-0.15, -0.1) is 0 Å². The SMILES string of the molecule is Cc1cccc2cc3c(CCNCCNCCN)ccc(NC=O)c3nc12. The highest BCUT2D eigenvalue weighted by Crippen LogP contribution is 2.29. The minimum absolute atomic E-state index is 0.660. The number of carbonyl (C=O) groups excluding carboxylic acids is 1. The summed E-state index contributed by atoms with van der Waals surface area (Å²) in [5.74, 6) is 0. The molecule has 142 valence electrons. The summed E-state index contributed by atoms with van der Waals surface area (Å²) >= 11 is 0. The third kappa shape index (κ3) is 4.60. The molecule has 0 bridgehead atoms. The number of pyridine rings is 1. The fourth-order valence-electron chi connectivity index (χ4n) is 3.30. The zero-order valence-corrected chi connectivity index (χ0v) is 15.7. The Morgan fingerprint density at radius 2 is 1.85 bits per heavy atom. The van der Waals surface area contributed by atoms with E-state index in [0.29, 0.717) is 13.0 Å². The summed E-state index contributed by atoms with van der Waals surface area (Å²) in [5.41, 5.74) is 10.4. The fraction of sp³-hybridized carbons (Fsp3) is 0.333. The number of aryl methyl sites for hydroxylation is 1. The van der Waals surface area contributed by atoms with Gasteiger partial charge in [-0.25, -0.2) is 4.98 Å². The van der Waals surface area contributed by atoms with Crippen LogP contribution in [0.25, 0.3) is 21.8 Å². The topological polar surface area (TPSA) is 92.1 Å². The van der Waals surface area contributed by atoms with Gasteiger partial charge in [-0.2, -0.15) is 0 Å². The van der Waals surface area contributed by atoms with Crippen LogP contribution in [0.2, 0.25) is 0 Å². The first-order chi connectivity index (χ1) is 13.2. The number of amides is 1. The first-order valence-electron chi connectivity index (χ1n) is 9.38. The highest BCUT2D eigenvalue weighted by atomic mass is 16.1.